The Labute approximate surface area is 215 Å². The number of ether oxygens (including phenoxy) is 2. The second-order valence-electron chi connectivity index (χ2n) is 6.81. The van der Waals surface area contributed by atoms with E-state index in [-0.39, 0.29) is 17.3 Å². The maximum atomic E-state index is 12.5. The maximum absolute atomic E-state index is 12.5. The minimum atomic E-state index is -0.592. The van der Waals surface area contributed by atoms with E-state index in [0.29, 0.717) is 15.6 Å². The number of rotatable bonds is 5. The molecule has 33 heavy (non-hydrogen) atoms. The van der Waals surface area contributed by atoms with E-state index in [4.69, 9.17) is 9.47 Å². The Morgan fingerprint density at radius 1 is 0.939 bits per heavy atom. The van der Waals surface area contributed by atoms with E-state index in [1.54, 1.807) is 30.3 Å². The fraction of sp³-hybridized carbons (Fsp3) is 0. The van der Waals surface area contributed by atoms with Crippen LogP contribution in [-0.4, -0.2) is 17.8 Å². The zero-order valence-electron chi connectivity index (χ0n) is 16.8. The van der Waals surface area contributed by atoms with Crippen LogP contribution in [0.25, 0.3) is 12.2 Å². The van der Waals surface area contributed by atoms with E-state index in [9.17, 15) is 9.59 Å². The first-order valence-electron chi connectivity index (χ1n) is 9.61. The zero-order valence-corrected chi connectivity index (χ0v) is 21.6. The van der Waals surface area contributed by atoms with Gasteiger partial charge in [-0.2, -0.15) is 0 Å². The molecule has 3 aromatic carbocycles. The van der Waals surface area contributed by atoms with Gasteiger partial charge in [0.2, 0.25) is 5.90 Å². The Balaban J connectivity index is 1.63. The lowest BCUT2D eigenvalue weighted by Crippen LogP contribution is -2.06. The normalized spacial score (nSPS) is 14.5. The van der Waals surface area contributed by atoms with Gasteiger partial charge in [0.15, 0.2) is 11.4 Å². The van der Waals surface area contributed by atoms with Crippen LogP contribution in [0.3, 0.4) is 0 Å². The second-order valence-corrected chi connectivity index (χ2v) is 9.50. The molecule has 0 saturated heterocycles. The van der Waals surface area contributed by atoms with Crippen molar-refractivity contribution in [3.63, 3.8) is 0 Å². The van der Waals surface area contributed by atoms with Crippen LogP contribution in [0.1, 0.15) is 16.7 Å². The Bertz CT molecular complexity index is 1310. The number of esters is 2. The number of hydrogen-bond acceptors (Lipinski definition) is 5. The van der Waals surface area contributed by atoms with E-state index in [0.717, 1.165) is 14.5 Å². The zero-order chi connectivity index (χ0) is 23.4. The molecule has 0 unspecified atom stereocenters. The summed E-state index contributed by atoms with van der Waals surface area (Å²) in [5.41, 5.74) is 2.11. The lowest BCUT2D eigenvalue weighted by atomic mass is 10.1. The topological polar surface area (TPSA) is 65.0 Å². The Morgan fingerprint density at radius 2 is 1.67 bits per heavy atom. The Hall–Kier alpha value is -2.81. The SMILES string of the molecule is O=C(/C=C/c1ccccc1)Oc1c(Br)cc(Br)cc1/C=C1\N=C(c2ccc(Br)cc2)OC1=O. The highest BCUT2D eigenvalue weighted by Crippen LogP contribution is 2.35. The van der Waals surface area contributed by atoms with E-state index >= 15 is 0 Å². The number of nitrogens with zero attached hydrogens (tertiary/aromatic N) is 1. The van der Waals surface area contributed by atoms with Gasteiger partial charge in [0.05, 0.1) is 4.47 Å². The average molecular weight is 632 g/mol. The van der Waals surface area contributed by atoms with Crippen LogP contribution in [0.2, 0.25) is 0 Å². The first-order chi connectivity index (χ1) is 15.9. The number of halogens is 3. The average Bonchev–Trinajstić information content (AvgIpc) is 3.16. The number of carbonyl (C=O) groups excluding carboxylic acids is 2. The third-order valence-corrected chi connectivity index (χ3v) is 6.03. The molecule has 1 heterocycles. The molecule has 1 aliphatic rings. The molecule has 0 saturated carbocycles. The number of cyclic esters (lactones) is 1. The first-order valence-corrected chi connectivity index (χ1v) is 12.0. The molecule has 0 atom stereocenters. The molecular weight excluding hydrogens is 618 g/mol. The first kappa shape index (κ1) is 23.4. The van der Waals surface area contributed by atoms with Gasteiger partial charge >= 0.3 is 11.9 Å². The molecule has 0 aliphatic carbocycles. The summed E-state index contributed by atoms with van der Waals surface area (Å²) in [4.78, 5) is 29.2. The molecule has 3 aromatic rings. The minimum Gasteiger partial charge on any atom is -0.422 e. The molecule has 8 heteroatoms. The monoisotopic (exact) mass is 629 g/mol. The number of hydrogen-bond donors (Lipinski definition) is 0. The van der Waals surface area contributed by atoms with Crippen molar-refractivity contribution in [3.05, 3.63) is 109 Å². The molecular formula is C25H14Br3NO4. The van der Waals surface area contributed by atoms with E-state index in [2.05, 4.69) is 52.8 Å². The molecule has 0 aromatic heterocycles. The van der Waals surface area contributed by atoms with Gasteiger partial charge in [0.25, 0.3) is 0 Å². The van der Waals surface area contributed by atoms with Crippen molar-refractivity contribution >= 4 is 77.8 Å². The van der Waals surface area contributed by atoms with Crippen molar-refractivity contribution < 1.29 is 19.1 Å². The maximum Gasteiger partial charge on any atom is 0.363 e. The van der Waals surface area contributed by atoms with Crippen molar-refractivity contribution in [1.82, 2.24) is 0 Å². The fourth-order valence-electron chi connectivity index (χ4n) is 2.93. The van der Waals surface area contributed by atoms with Gasteiger partial charge in [-0.05, 0) is 70.0 Å². The van der Waals surface area contributed by atoms with Gasteiger partial charge in [-0.1, -0.05) is 62.2 Å². The highest BCUT2D eigenvalue weighted by atomic mass is 79.9. The Kier molecular flexibility index (Phi) is 7.37. The summed E-state index contributed by atoms with van der Waals surface area (Å²) in [6.45, 7) is 0. The van der Waals surface area contributed by atoms with Gasteiger partial charge in [0, 0.05) is 26.1 Å². The number of aliphatic imine (C=N–C) groups is 1. The largest absolute Gasteiger partial charge is 0.422 e. The third kappa shape index (κ3) is 5.96. The van der Waals surface area contributed by atoms with Crippen LogP contribution in [0, 0.1) is 0 Å². The van der Waals surface area contributed by atoms with Gasteiger partial charge in [-0.15, -0.1) is 0 Å². The van der Waals surface area contributed by atoms with Gasteiger partial charge in [-0.3, -0.25) is 0 Å². The van der Waals surface area contributed by atoms with Crippen molar-refractivity contribution in [3.8, 4) is 5.75 Å². The van der Waals surface area contributed by atoms with Crippen molar-refractivity contribution in [2.75, 3.05) is 0 Å². The molecule has 0 radical (unpaired) electrons. The van der Waals surface area contributed by atoms with Crippen molar-refractivity contribution in [1.29, 1.82) is 0 Å². The van der Waals surface area contributed by atoms with E-state index in [1.165, 1.54) is 12.2 Å². The van der Waals surface area contributed by atoms with Crippen LogP contribution in [0.5, 0.6) is 5.75 Å². The van der Waals surface area contributed by atoms with Gasteiger partial charge < -0.3 is 9.47 Å². The highest BCUT2D eigenvalue weighted by Gasteiger charge is 2.25. The lowest BCUT2D eigenvalue weighted by molar-refractivity contribution is -0.130. The summed E-state index contributed by atoms with van der Waals surface area (Å²) in [6.07, 6.45) is 4.53. The summed E-state index contributed by atoms with van der Waals surface area (Å²) in [7, 11) is 0. The van der Waals surface area contributed by atoms with E-state index in [1.807, 2.05) is 42.5 Å². The molecule has 0 spiro atoms. The molecule has 5 nitrogen and oxygen atoms in total. The minimum absolute atomic E-state index is 0.0926. The quantitative estimate of drug-likeness (QED) is 0.174. The van der Waals surface area contributed by atoms with Gasteiger partial charge in [-0.25, -0.2) is 14.6 Å². The summed E-state index contributed by atoms with van der Waals surface area (Å²) in [5.74, 6) is -0.689. The third-order valence-electron chi connectivity index (χ3n) is 4.46. The summed E-state index contributed by atoms with van der Waals surface area (Å²) in [6, 6.07) is 20.1. The van der Waals surface area contributed by atoms with Crippen molar-refractivity contribution in [2.24, 2.45) is 4.99 Å². The van der Waals surface area contributed by atoms with Crippen LogP contribution in [0.4, 0.5) is 0 Å². The van der Waals surface area contributed by atoms with Gasteiger partial charge in [0.1, 0.15) is 0 Å². The Morgan fingerprint density at radius 3 is 2.39 bits per heavy atom. The summed E-state index contributed by atoms with van der Waals surface area (Å²) in [5, 5.41) is 0. The second kappa shape index (κ2) is 10.4. The molecule has 0 fully saturated rings. The van der Waals surface area contributed by atoms with Crippen LogP contribution >= 0.6 is 47.8 Å². The summed E-state index contributed by atoms with van der Waals surface area (Å²) >= 11 is 10.2. The van der Waals surface area contributed by atoms with Crippen LogP contribution in [-0.2, 0) is 14.3 Å². The smallest absolute Gasteiger partial charge is 0.363 e. The van der Waals surface area contributed by atoms with Crippen LogP contribution in [0.15, 0.2) is 96.9 Å². The van der Waals surface area contributed by atoms with Crippen LogP contribution < -0.4 is 4.74 Å². The summed E-state index contributed by atoms with van der Waals surface area (Å²) < 4.78 is 13.1. The number of benzene rings is 3. The fourth-order valence-corrected chi connectivity index (χ4v) is 4.53. The molecule has 1 aliphatic heterocycles. The lowest BCUT2D eigenvalue weighted by Gasteiger charge is -2.09. The molecule has 0 N–H and O–H groups in total. The van der Waals surface area contributed by atoms with E-state index < -0.39 is 11.9 Å². The number of carbonyl (C=O) groups is 2. The van der Waals surface area contributed by atoms with Crippen molar-refractivity contribution in [2.45, 2.75) is 0 Å². The predicted molar refractivity (Wildman–Crippen MR) is 138 cm³/mol. The highest BCUT2D eigenvalue weighted by molar-refractivity contribution is 9.11. The predicted octanol–water partition coefficient (Wildman–Crippen LogP) is 6.94. The molecule has 0 amide bonds. The standard InChI is InChI=1S/C25H14Br3NO4/c26-18-9-7-16(8-10-18)24-29-21(25(31)33-24)13-17-12-19(27)14-20(28)23(17)32-22(30)11-6-15-4-2-1-3-5-15/h1-14H/b11-6+,21-13-. The molecule has 0 bridgehead atoms. The molecule has 164 valence electrons. The molecule has 4 rings (SSSR count).